The molecule has 0 unspecified atom stereocenters. The Morgan fingerprint density at radius 2 is 1.72 bits per heavy atom. The lowest BCUT2D eigenvalue weighted by Gasteiger charge is -2.25. The summed E-state index contributed by atoms with van der Waals surface area (Å²) in [5.74, 6) is 0. The van der Waals surface area contributed by atoms with Gasteiger partial charge in [0, 0.05) is 12.1 Å². The van der Waals surface area contributed by atoms with E-state index in [1.165, 1.54) is 40.7 Å². The highest BCUT2D eigenvalue weighted by atomic mass is 16.3. The maximum Gasteiger partial charge on any atom is 0.319 e. The normalized spacial score (nSPS) is 13.4. The number of anilines is 1. The first kappa shape index (κ1) is 27.4. The summed E-state index contributed by atoms with van der Waals surface area (Å²) in [7, 11) is 0. The van der Waals surface area contributed by atoms with Crippen molar-refractivity contribution in [1.82, 2.24) is 5.32 Å². The highest BCUT2D eigenvalue weighted by molar-refractivity contribution is 5.97. The van der Waals surface area contributed by atoms with Crippen LogP contribution in [0.3, 0.4) is 0 Å². The molecule has 0 spiro atoms. The van der Waals surface area contributed by atoms with Crippen LogP contribution in [-0.2, 0) is 6.42 Å². The monoisotopic (exact) mass is 487 g/mol. The summed E-state index contributed by atoms with van der Waals surface area (Å²) >= 11 is 0. The van der Waals surface area contributed by atoms with Crippen LogP contribution in [0.5, 0.6) is 0 Å². The zero-order chi connectivity index (χ0) is 26.1. The van der Waals surface area contributed by atoms with Crippen molar-refractivity contribution in [2.24, 2.45) is 5.18 Å². The van der Waals surface area contributed by atoms with Crippen molar-refractivity contribution in [1.29, 1.82) is 0 Å². The molecule has 0 radical (unpaired) electrons. The van der Waals surface area contributed by atoms with Crippen LogP contribution in [-0.4, -0.2) is 19.1 Å². The predicted octanol–water partition coefficient (Wildman–Crippen LogP) is 8.49. The number of hydrogen-bond donors (Lipinski definition) is 2. The van der Waals surface area contributed by atoms with Gasteiger partial charge < -0.3 is 10.6 Å². The van der Waals surface area contributed by atoms with Gasteiger partial charge in [-0.2, -0.15) is 4.91 Å². The summed E-state index contributed by atoms with van der Waals surface area (Å²) in [5, 5.41) is 9.28. The lowest BCUT2D eigenvalue weighted by molar-refractivity contribution is 0.252. The van der Waals surface area contributed by atoms with Crippen LogP contribution in [0, 0.1) is 18.8 Å². The van der Waals surface area contributed by atoms with Gasteiger partial charge in [0.15, 0.2) is 0 Å². The molecule has 2 amide bonds. The first-order valence-electron chi connectivity index (χ1n) is 13.3. The van der Waals surface area contributed by atoms with Gasteiger partial charge >= 0.3 is 6.03 Å². The number of nitroso groups, excluding NO2 is 1. The lowest BCUT2D eigenvalue weighted by atomic mass is 9.82. The van der Waals surface area contributed by atoms with Gasteiger partial charge in [-0.05, 0) is 87.3 Å². The Balaban J connectivity index is 2.08. The number of allylic oxidation sites excluding steroid dienone is 4. The molecule has 0 saturated carbocycles. The number of rotatable bonds is 11. The molecule has 1 aliphatic carbocycles. The van der Waals surface area contributed by atoms with Crippen molar-refractivity contribution in [2.75, 3.05) is 18.4 Å². The summed E-state index contributed by atoms with van der Waals surface area (Å²) in [4.78, 5) is 23.9. The van der Waals surface area contributed by atoms with E-state index in [1.54, 1.807) is 0 Å². The summed E-state index contributed by atoms with van der Waals surface area (Å²) < 4.78 is 0. The van der Waals surface area contributed by atoms with E-state index < -0.39 is 0 Å². The number of benzene rings is 2. The molecule has 2 aromatic rings. The number of carbonyl (C=O) groups is 1. The van der Waals surface area contributed by atoms with E-state index in [1.807, 2.05) is 0 Å². The molecule has 2 N–H and O–H groups in total. The average molecular weight is 488 g/mol. The van der Waals surface area contributed by atoms with Crippen LogP contribution in [0.25, 0.3) is 16.7 Å². The Kier molecular flexibility index (Phi) is 10.0. The van der Waals surface area contributed by atoms with Crippen LogP contribution in [0.15, 0.2) is 52.7 Å². The van der Waals surface area contributed by atoms with Gasteiger partial charge in [0.2, 0.25) is 0 Å². The van der Waals surface area contributed by atoms with E-state index in [0.29, 0.717) is 13.0 Å². The third kappa shape index (κ3) is 6.93. The Morgan fingerprint density at radius 3 is 2.39 bits per heavy atom. The smallest absolute Gasteiger partial charge is 0.319 e. The zero-order valence-electron chi connectivity index (χ0n) is 22.6. The second-order valence-electron chi connectivity index (χ2n) is 10.0. The van der Waals surface area contributed by atoms with Crippen molar-refractivity contribution >= 4 is 17.3 Å². The molecule has 5 nitrogen and oxygen atoms in total. The van der Waals surface area contributed by atoms with Crippen LogP contribution in [0.2, 0.25) is 0 Å². The maximum absolute atomic E-state index is 12.9. The fourth-order valence-electron chi connectivity index (χ4n) is 4.98. The van der Waals surface area contributed by atoms with E-state index >= 15 is 0 Å². The first-order chi connectivity index (χ1) is 17.3. The van der Waals surface area contributed by atoms with Crippen molar-refractivity contribution in [3.8, 4) is 11.1 Å². The van der Waals surface area contributed by atoms with Crippen molar-refractivity contribution in [3.05, 3.63) is 74.7 Å². The van der Waals surface area contributed by atoms with Crippen LogP contribution in [0.1, 0.15) is 81.5 Å². The van der Waals surface area contributed by atoms with Gasteiger partial charge in [0.05, 0.1) is 12.2 Å². The Hall–Kier alpha value is -3.21. The molecular formula is C31H41N3O2. The van der Waals surface area contributed by atoms with Gasteiger partial charge in [0.1, 0.15) is 0 Å². The molecule has 2 aromatic carbocycles. The van der Waals surface area contributed by atoms with Crippen molar-refractivity contribution in [3.63, 3.8) is 0 Å². The molecule has 0 atom stereocenters. The quantitative estimate of drug-likeness (QED) is 0.246. The second-order valence-corrected chi connectivity index (χ2v) is 10.0. The summed E-state index contributed by atoms with van der Waals surface area (Å²) in [6.45, 7) is 11.6. The molecule has 3 rings (SSSR count). The summed E-state index contributed by atoms with van der Waals surface area (Å²) in [5.41, 5.74) is 11.4. The topological polar surface area (TPSA) is 70.6 Å². The minimum atomic E-state index is -0.197. The molecule has 1 aliphatic rings. The van der Waals surface area contributed by atoms with Gasteiger partial charge in [0.25, 0.3) is 0 Å². The van der Waals surface area contributed by atoms with Gasteiger partial charge in [-0.25, -0.2) is 4.79 Å². The third-order valence-electron chi connectivity index (χ3n) is 7.19. The second kappa shape index (κ2) is 13.2. The highest BCUT2D eigenvalue weighted by Crippen LogP contribution is 2.41. The van der Waals surface area contributed by atoms with E-state index in [-0.39, 0.29) is 12.6 Å². The van der Waals surface area contributed by atoms with Gasteiger partial charge in [-0.15, -0.1) is 0 Å². The number of nitrogens with one attached hydrogen (secondary N) is 2. The van der Waals surface area contributed by atoms with E-state index in [9.17, 15) is 9.70 Å². The molecule has 0 saturated heterocycles. The molecule has 0 heterocycles. The third-order valence-corrected chi connectivity index (χ3v) is 7.19. The molecule has 0 aliphatic heterocycles. The Bertz CT molecular complexity index is 1140. The molecular weight excluding hydrogens is 446 g/mol. The predicted molar refractivity (Wildman–Crippen MR) is 152 cm³/mol. The highest BCUT2D eigenvalue weighted by Gasteiger charge is 2.22. The standard InChI is InChI=1S/C31H41N3O2/c1-6-7-8-9-17-32-31(35)34-28-20-27(16-18-33-36)29(26-15-12-22(3)23(4)19-26)24(5)30(28)25-13-10-21(2)11-14-25/h10-11,13-14,19-20H,6-9,12,15-18H2,1-5H3,(H2,32,34,35). The number of hydrogen-bond acceptors (Lipinski definition) is 3. The van der Waals surface area contributed by atoms with Crippen LogP contribution < -0.4 is 10.6 Å². The van der Waals surface area contributed by atoms with Crippen LogP contribution >= 0.6 is 0 Å². The molecule has 192 valence electrons. The number of unbranched alkanes of at least 4 members (excludes halogenated alkanes) is 3. The Labute approximate surface area is 216 Å². The summed E-state index contributed by atoms with van der Waals surface area (Å²) in [6.07, 6.45) is 9.26. The van der Waals surface area contributed by atoms with E-state index in [0.717, 1.165) is 53.6 Å². The molecule has 0 fully saturated rings. The number of aryl methyl sites for hydroxylation is 1. The van der Waals surface area contributed by atoms with E-state index in [2.05, 4.69) is 86.8 Å². The maximum atomic E-state index is 12.9. The lowest BCUT2D eigenvalue weighted by Crippen LogP contribution is -2.30. The molecule has 0 aromatic heterocycles. The number of amides is 2. The molecule has 5 heteroatoms. The van der Waals surface area contributed by atoms with Gasteiger partial charge in [-0.3, -0.25) is 0 Å². The SMILES string of the molecule is CCCCCCNC(=O)Nc1cc(CCN=O)c(C2=CC(C)=C(C)CC2)c(C)c1-c1ccc(C)cc1. The average Bonchev–Trinajstić information content (AvgIpc) is 2.85. The van der Waals surface area contributed by atoms with Crippen molar-refractivity contribution < 1.29 is 4.79 Å². The van der Waals surface area contributed by atoms with Crippen LogP contribution in [0.4, 0.5) is 10.5 Å². The fraction of sp³-hybridized carbons (Fsp3) is 0.452. The number of carbonyl (C=O) groups excluding carboxylic acids is 1. The fourth-order valence-corrected chi connectivity index (χ4v) is 4.98. The number of urea groups is 1. The first-order valence-corrected chi connectivity index (χ1v) is 13.3. The largest absolute Gasteiger partial charge is 0.338 e. The number of nitrogens with zero attached hydrogens (tertiary/aromatic N) is 1. The minimum Gasteiger partial charge on any atom is -0.338 e. The van der Waals surface area contributed by atoms with Gasteiger partial charge in [-0.1, -0.05) is 78.4 Å². The zero-order valence-corrected chi connectivity index (χ0v) is 22.6. The minimum absolute atomic E-state index is 0.197. The Morgan fingerprint density at radius 1 is 0.972 bits per heavy atom. The van der Waals surface area contributed by atoms with E-state index in [4.69, 9.17) is 0 Å². The molecule has 36 heavy (non-hydrogen) atoms. The van der Waals surface area contributed by atoms with Crippen molar-refractivity contribution in [2.45, 2.75) is 79.6 Å². The molecule has 0 bridgehead atoms. The summed E-state index contributed by atoms with van der Waals surface area (Å²) in [6, 6.07) is 10.3.